The molecule has 1 aromatic carbocycles. The number of hydrogen-bond donors (Lipinski definition) is 0. The van der Waals surface area contributed by atoms with Gasteiger partial charge in [-0.25, -0.2) is 0 Å². The van der Waals surface area contributed by atoms with Crippen LogP contribution in [0.3, 0.4) is 0 Å². The molecule has 0 bridgehead atoms. The molecule has 124 valence electrons. The van der Waals surface area contributed by atoms with Crippen molar-refractivity contribution in [1.82, 2.24) is 0 Å². The van der Waals surface area contributed by atoms with Crippen molar-refractivity contribution < 1.29 is 4.74 Å². The Labute approximate surface area is 137 Å². The Hall–Kier alpha value is -0.980. The number of unbranched alkanes of at least 4 members (excludes halogenated alkanes) is 3. The molecule has 0 heterocycles. The van der Waals surface area contributed by atoms with Crippen molar-refractivity contribution in [1.29, 1.82) is 0 Å². The van der Waals surface area contributed by atoms with Gasteiger partial charge in [0.25, 0.3) is 0 Å². The van der Waals surface area contributed by atoms with E-state index in [-0.39, 0.29) is 0 Å². The average Bonchev–Trinajstić information content (AvgIpc) is 2.57. The molecule has 22 heavy (non-hydrogen) atoms. The summed E-state index contributed by atoms with van der Waals surface area (Å²) in [5, 5.41) is 0. The summed E-state index contributed by atoms with van der Waals surface area (Å²) in [5.41, 5.74) is 1.52. The lowest BCUT2D eigenvalue weighted by Gasteiger charge is -2.29. The largest absolute Gasteiger partial charge is 0.494 e. The SMILES string of the molecule is CCCCCC1CCC(c2ccc(OCCCC)cc2)CC1. The van der Waals surface area contributed by atoms with Gasteiger partial charge in [-0.3, -0.25) is 0 Å². The van der Waals surface area contributed by atoms with E-state index < -0.39 is 0 Å². The molecular formula is C21H34O. The fraction of sp³-hybridized carbons (Fsp3) is 0.714. The first-order chi connectivity index (χ1) is 10.8. The minimum Gasteiger partial charge on any atom is -0.494 e. The zero-order valence-electron chi connectivity index (χ0n) is 14.7. The van der Waals surface area contributed by atoms with Crippen molar-refractivity contribution in [2.75, 3.05) is 6.61 Å². The van der Waals surface area contributed by atoms with Gasteiger partial charge in [0.1, 0.15) is 5.75 Å². The van der Waals surface area contributed by atoms with Crippen molar-refractivity contribution in [2.24, 2.45) is 5.92 Å². The molecule has 1 aromatic rings. The van der Waals surface area contributed by atoms with E-state index in [1.807, 2.05) is 0 Å². The normalized spacial score (nSPS) is 21.7. The van der Waals surface area contributed by atoms with E-state index in [0.717, 1.165) is 30.6 Å². The Morgan fingerprint density at radius 2 is 1.55 bits per heavy atom. The molecule has 0 spiro atoms. The molecule has 0 aliphatic heterocycles. The maximum Gasteiger partial charge on any atom is 0.119 e. The van der Waals surface area contributed by atoms with Gasteiger partial charge in [0.2, 0.25) is 0 Å². The van der Waals surface area contributed by atoms with Crippen LogP contribution in [-0.2, 0) is 0 Å². The highest BCUT2D eigenvalue weighted by atomic mass is 16.5. The molecule has 1 nitrogen and oxygen atoms in total. The molecule has 1 fully saturated rings. The predicted molar refractivity (Wildman–Crippen MR) is 95.7 cm³/mol. The van der Waals surface area contributed by atoms with Crippen LogP contribution in [0.4, 0.5) is 0 Å². The van der Waals surface area contributed by atoms with Crippen LogP contribution in [0, 0.1) is 5.92 Å². The van der Waals surface area contributed by atoms with Crippen molar-refractivity contribution in [3.63, 3.8) is 0 Å². The lowest BCUT2D eigenvalue weighted by molar-refractivity contribution is 0.301. The van der Waals surface area contributed by atoms with E-state index >= 15 is 0 Å². The van der Waals surface area contributed by atoms with Gasteiger partial charge in [-0.2, -0.15) is 0 Å². The third kappa shape index (κ3) is 5.66. The number of ether oxygens (including phenoxy) is 1. The lowest BCUT2D eigenvalue weighted by Crippen LogP contribution is -2.13. The second-order valence-electron chi connectivity index (χ2n) is 6.98. The molecule has 0 amide bonds. The van der Waals surface area contributed by atoms with Crippen LogP contribution in [0.15, 0.2) is 24.3 Å². The number of hydrogen-bond acceptors (Lipinski definition) is 1. The standard InChI is InChI=1S/C21H34O/c1-3-5-7-8-18-9-11-19(12-10-18)20-13-15-21(16-14-20)22-17-6-4-2/h13-16,18-19H,3-12,17H2,1-2H3. The minimum absolute atomic E-state index is 0.784. The summed E-state index contributed by atoms with van der Waals surface area (Å²) in [4.78, 5) is 0. The Bertz CT molecular complexity index is 387. The van der Waals surface area contributed by atoms with Gasteiger partial charge < -0.3 is 4.74 Å². The summed E-state index contributed by atoms with van der Waals surface area (Å²) in [5.74, 6) is 2.82. The molecule has 1 heteroatoms. The van der Waals surface area contributed by atoms with Crippen LogP contribution in [0.2, 0.25) is 0 Å². The Balaban J connectivity index is 1.74. The van der Waals surface area contributed by atoms with Gasteiger partial charge in [-0.05, 0) is 61.6 Å². The summed E-state index contributed by atoms with van der Waals surface area (Å²) < 4.78 is 5.76. The van der Waals surface area contributed by atoms with Crippen molar-refractivity contribution >= 4 is 0 Å². The van der Waals surface area contributed by atoms with E-state index in [2.05, 4.69) is 38.1 Å². The first kappa shape index (κ1) is 17.4. The second-order valence-corrected chi connectivity index (χ2v) is 6.98. The molecule has 1 saturated carbocycles. The smallest absolute Gasteiger partial charge is 0.119 e. The monoisotopic (exact) mass is 302 g/mol. The van der Waals surface area contributed by atoms with Crippen LogP contribution in [-0.4, -0.2) is 6.61 Å². The Morgan fingerprint density at radius 1 is 0.864 bits per heavy atom. The van der Waals surface area contributed by atoms with Crippen LogP contribution < -0.4 is 4.74 Å². The van der Waals surface area contributed by atoms with E-state index in [9.17, 15) is 0 Å². The molecule has 0 aromatic heterocycles. The number of benzene rings is 1. The van der Waals surface area contributed by atoms with Gasteiger partial charge in [-0.15, -0.1) is 0 Å². The molecule has 0 atom stereocenters. The number of rotatable bonds is 9. The van der Waals surface area contributed by atoms with Crippen molar-refractivity contribution in [3.8, 4) is 5.75 Å². The second kappa shape index (κ2) is 9.92. The van der Waals surface area contributed by atoms with E-state index in [0.29, 0.717) is 0 Å². The van der Waals surface area contributed by atoms with Crippen LogP contribution in [0.5, 0.6) is 5.75 Å². The predicted octanol–water partition coefficient (Wildman–Crippen LogP) is 6.72. The Morgan fingerprint density at radius 3 is 2.18 bits per heavy atom. The van der Waals surface area contributed by atoms with E-state index in [4.69, 9.17) is 4.74 Å². The zero-order chi connectivity index (χ0) is 15.6. The molecule has 0 saturated heterocycles. The minimum atomic E-state index is 0.784. The molecule has 0 radical (unpaired) electrons. The highest BCUT2D eigenvalue weighted by Crippen LogP contribution is 2.38. The van der Waals surface area contributed by atoms with Gasteiger partial charge in [0.05, 0.1) is 6.61 Å². The molecule has 0 N–H and O–H groups in total. The summed E-state index contributed by atoms with van der Waals surface area (Å²) in [7, 11) is 0. The summed E-state index contributed by atoms with van der Waals surface area (Å²) in [6, 6.07) is 8.92. The van der Waals surface area contributed by atoms with Gasteiger partial charge in [0, 0.05) is 0 Å². The first-order valence-corrected chi connectivity index (χ1v) is 9.56. The van der Waals surface area contributed by atoms with Gasteiger partial charge in [-0.1, -0.05) is 58.1 Å². The lowest BCUT2D eigenvalue weighted by atomic mass is 9.77. The summed E-state index contributed by atoms with van der Waals surface area (Å²) in [6.07, 6.45) is 13.6. The molecular weight excluding hydrogens is 268 g/mol. The third-order valence-electron chi connectivity index (χ3n) is 5.18. The molecule has 2 rings (SSSR count). The maximum atomic E-state index is 5.76. The molecule has 1 aliphatic carbocycles. The first-order valence-electron chi connectivity index (χ1n) is 9.56. The highest BCUT2D eigenvalue weighted by Gasteiger charge is 2.21. The average molecular weight is 303 g/mol. The van der Waals surface area contributed by atoms with Crippen molar-refractivity contribution in [3.05, 3.63) is 29.8 Å². The molecule has 0 unspecified atom stereocenters. The summed E-state index contributed by atoms with van der Waals surface area (Å²) in [6.45, 7) is 5.34. The zero-order valence-corrected chi connectivity index (χ0v) is 14.7. The van der Waals surface area contributed by atoms with Crippen LogP contribution in [0.25, 0.3) is 0 Å². The fourth-order valence-corrected chi connectivity index (χ4v) is 3.64. The summed E-state index contributed by atoms with van der Waals surface area (Å²) >= 11 is 0. The van der Waals surface area contributed by atoms with Crippen molar-refractivity contribution in [2.45, 2.75) is 84.0 Å². The van der Waals surface area contributed by atoms with Gasteiger partial charge in [0.15, 0.2) is 0 Å². The third-order valence-corrected chi connectivity index (χ3v) is 5.18. The topological polar surface area (TPSA) is 9.23 Å². The fourth-order valence-electron chi connectivity index (χ4n) is 3.64. The quantitative estimate of drug-likeness (QED) is 0.460. The van der Waals surface area contributed by atoms with Gasteiger partial charge >= 0.3 is 0 Å². The maximum absolute atomic E-state index is 5.76. The van der Waals surface area contributed by atoms with E-state index in [1.165, 1.54) is 63.4 Å². The van der Waals surface area contributed by atoms with Crippen LogP contribution >= 0.6 is 0 Å². The highest BCUT2D eigenvalue weighted by molar-refractivity contribution is 5.29. The Kier molecular flexibility index (Phi) is 7.83. The van der Waals surface area contributed by atoms with E-state index in [1.54, 1.807) is 0 Å². The molecule has 1 aliphatic rings. The van der Waals surface area contributed by atoms with Crippen LogP contribution in [0.1, 0.15) is 89.5 Å².